The minimum absolute atomic E-state index is 0.0602. The molecule has 1 aromatic carbocycles. The third kappa shape index (κ3) is 8.82. The standard InChI is InChI=1S/C24H37ClFN3O4S/c1-17(2)14-21(24(27)31)29(23(30)15-18-8-4-3-5-9-18)13-7-6-12-28-34(32,33)22-11-10-19(26)16-20(22)25/h10-11,16-18,21,28H,3-9,12-15H2,1-2H3,(H2,27,31)/t21-/m0/s1. The average molecular weight is 518 g/mol. The van der Waals surface area contributed by atoms with Crippen LogP contribution in [0.2, 0.25) is 5.02 Å². The van der Waals surface area contributed by atoms with Crippen molar-refractivity contribution in [3.8, 4) is 0 Å². The number of halogens is 2. The van der Waals surface area contributed by atoms with Crippen molar-refractivity contribution >= 4 is 33.4 Å². The summed E-state index contributed by atoms with van der Waals surface area (Å²) < 4.78 is 40.6. The summed E-state index contributed by atoms with van der Waals surface area (Å²) in [6.45, 7) is 4.40. The van der Waals surface area contributed by atoms with Crippen LogP contribution in [0.4, 0.5) is 4.39 Å². The molecule has 1 aromatic rings. The lowest BCUT2D eigenvalue weighted by Crippen LogP contribution is -2.49. The van der Waals surface area contributed by atoms with Gasteiger partial charge < -0.3 is 10.6 Å². The Kier molecular flexibility index (Phi) is 11.2. The number of carbonyl (C=O) groups excluding carboxylic acids is 2. The molecule has 0 radical (unpaired) electrons. The fraction of sp³-hybridized carbons (Fsp3) is 0.667. The number of benzene rings is 1. The number of sulfonamides is 1. The Hall–Kier alpha value is -1.71. The van der Waals surface area contributed by atoms with Crippen molar-refractivity contribution in [3.63, 3.8) is 0 Å². The molecule has 0 unspecified atom stereocenters. The SMILES string of the molecule is CC(C)C[C@@H](C(N)=O)N(CCCCNS(=O)(=O)c1ccc(F)cc1Cl)C(=O)CC1CCCCC1. The third-order valence-corrected chi connectivity index (χ3v) is 8.15. The van der Waals surface area contributed by atoms with E-state index in [1.165, 1.54) is 6.42 Å². The quantitative estimate of drug-likeness (QED) is 0.381. The van der Waals surface area contributed by atoms with Gasteiger partial charge in [-0.3, -0.25) is 9.59 Å². The summed E-state index contributed by atoms with van der Waals surface area (Å²) in [6, 6.07) is 2.43. The predicted octanol–water partition coefficient (Wildman–Crippen LogP) is 4.24. The topological polar surface area (TPSA) is 110 Å². The summed E-state index contributed by atoms with van der Waals surface area (Å²) in [6.07, 6.45) is 7.35. The highest BCUT2D eigenvalue weighted by Gasteiger charge is 2.30. The maximum absolute atomic E-state index is 13.2. The molecule has 3 N–H and O–H groups in total. The molecule has 10 heteroatoms. The Bertz CT molecular complexity index is 936. The summed E-state index contributed by atoms with van der Waals surface area (Å²) in [7, 11) is -3.89. The molecule has 0 bridgehead atoms. The van der Waals surface area contributed by atoms with Gasteiger partial charge in [0.15, 0.2) is 0 Å². The molecule has 0 spiro atoms. The lowest BCUT2D eigenvalue weighted by atomic mass is 9.86. The van der Waals surface area contributed by atoms with E-state index in [9.17, 15) is 22.4 Å². The molecule has 0 saturated heterocycles. The maximum atomic E-state index is 13.2. The van der Waals surface area contributed by atoms with Crippen molar-refractivity contribution in [2.75, 3.05) is 13.1 Å². The van der Waals surface area contributed by atoms with Gasteiger partial charge in [-0.25, -0.2) is 17.5 Å². The molecule has 34 heavy (non-hydrogen) atoms. The lowest BCUT2D eigenvalue weighted by Gasteiger charge is -2.33. The largest absolute Gasteiger partial charge is 0.368 e. The first-order valence-corrected chi connectivity index (χ1v) is 13.9. The van der Waals surface area contributed by atoms with Crippen LogP contribution in [0, 0.1) is 17.7 Å². The van der Waals surface area contributed by atoms with Gasteiger partial charge in [0.2, 0.25) is 21.8 Å². The highest BCUT2D eigenvalue weighted by Crippen LogP contribution is 2.28. The van der Waals surface area contributed by atoms with E-state index >= 15 is 0 Å². The molecule has 7 nitrogen and oxygen atoms in total. The van der Waals surface area contributed by atoms with E-state index in [1.807, 2.05) is 13.8 Å². The molecule has 1 aliphatic carbocycles. The predicted molar refractivity (Wildman–Crippen MR) is 131 cm³/mol. The molecule has 1 atom stereocenters. The van der Waals surface area contributed by atoms with Crippen LogP contribution in [0.5, 0.6) is 0 Å². The number of amides is 2. The molecule has 2 rings (SSSR count). The van der Waals surface area contributed by atoms with Crippen LogP contribution < -0.4 is 10.5 Å². The summed E-state index contributed by atoms with van der Waals surface area (Å²) in [5.41, 5.74) is 5.67. The van der Waals surface area contributed by atoms with Crippen LogP contribution in [0.3, 0.4) is 0 Å². The molecule has 0 heterocycles. The zero-order valence-electron chi connectivity index (χ0n) is 20.1. The fourth-order valence-electron chi connectivity index (χ4n) is 4.44. The maximum Gasteiger partial charge on any atom is 0.242 e. The number of nitrogens with one attached hydrogen (secondary N) is 1. The Morgan fingerprint density at radius 1 is 1.21 bits per heavy atom. The minimum Gasteiger partial charge on any atom is -0.368 e. The molecular weight excluding hydrogens is 481 g/mol. The van der Waals surface area contributed by atoms with Gasteiger partial charge in [-0.05, 0) is 62.1 Å². The highest BCUT2D eigenvalue weighted by molar-refractivity contribution is 7.89. The number of rotatable bonds is 13. The zero-order valence-corrected chi connectivity index (χ0v) is 21.6. The number of nitrogens with zero attached hydrogens (tertiary/aromatic N) is 1. The van der Waals surface area contributed by atoms with Gasteiger partial charge in [0.05, 0.1) is 5.02 Å². The number of hydrogen-bond acceptors (Lipinski definition) is 4. The molecule has 2 amide bonds. The van der Waals surface area contributed by atoms with E-state index in [1.54, 1.807) is 4.90 Å². The summed E-state index contributed by atoms with van der Waals surface area (Å²) in [4.78, 5) is 26.8. The van der Waals surface area contributed by atoms with Crippen molar-refractivity contribution in [1.82, 2.24) is 9.62 Å². The number of primary amides is 1. The van der Waals surface area contributed by atoms with E-state index < -0.39 is 27.8 Å². The van der Waals surface area contributed by atoms with Crippen LogP contribution in [-0.2, 0) is 19.6 Å². The normalized spacial score (nSPS) is 15.9. The second-order valence-electron chi connectivity index (χ2n) is 9.52. The van der Waals surface area contributed by atoms with E-state index in [-0.39, 0.29) is 28.3 Å². The Morgan fingerprint density at radius 2 is 1.88 bits per heavy atom. The summed E-state index contributed by atoms with van der Waals surface area (Å²) in [5.74, 6) is -0.668. The first kappa shape index (κ1) is 28.5. The minimum atomic E-state index is -3.89. The van der Waals surface area contributed by atoms with Crippen molar-refractivity contribution in [2.45, 2.75) is 82.6 Å². The number of unbranched alkanes of at least 4 members (excludes halogenated alkanes) is 1. The van der Waals surface area contributed by atoms with E-state index in [0.717, 1.165) is 43.9 Å². The molecule has 192 valence electrons. The van der Waals surface area contributed by atoms with Crippen LogP contribution >= 0.6 is 11.6 Å². The van der Waals surface area contributed by atoms with Gasteiger partial charge in [0, 0.05) is 19.5 Å². The number of nitrogens with two attached hydrogens (primary N) is 1. The average Bonchev–Trinajstić information content (AvgIpc) is 2.75. The van der Waals surface area contributed by atoms with Crippen molar-refractivity contribution in [1.29, 1.82) is 0 Å². The van der Waals surface area contributed by atoms with Gasteiger partial charge in [0.1, 0.15) is 16.8 Å². The fourth-order valence-corrected chi connectivity index (χ4v) is 6.04. The lowest BCUT2D eigenvalue weighted by molar-refractivity contribution is -0.141. The Labute approximate surface area is 207 Å². The van der Waals surface area contributed by atoms with Crippen molar-refractivity contribution in [2.24, 2.45) is 17.6 Å². The van der Waals surface area contributed by atoms with Crippen LogP contribution in [0.25, 0.3) is 0 Å². The van der Waals surface area contributed by atoms with Gasteiger partial charge in [0.25, 0.3) is 0 Å². The molecule has 1 fully saturated rings. The number of hydrogen-bond donors (Lipinski definition) is 2. The van der Waals surface area contributed by atoms with E-state index in [2.05, 4.69) is 4.72 Å². The number of carbonyl (C=O) groups is 2. The van der Waals surface area contributed by atoms with Gasteiger partial charge in [-0.2, -0.15) is 0 Å². The van der Waals surface area contributed by atoms with Crippen molar-refractivity contribution in [3.05, 3.63) is 29.0 Å². The Morgan fingerprint density at radius 3 is 2.47 bits per heavy atom. The molecule has 0 aliphatic heterocycles. The third-order valence-electron chi connectivity index (χ3n) is 6.21. The molecule has 1 saturated carbocycles. The summed E-state index contributed by atoms with van der Waals surface area (Å²) >= 11 is 5.87. The first-order valence-electron chi connectivity index (χ1n) is 12.0. The molecule has 0 aromatic heterocycles. The second-order valence-corrected chi connectivity index (χ2v) is 11.7. The molecule has 1 aliphatic rings. The van der Waals surface area contributed by atoms with Gasteiger partial charge in [-0.1, -0.05) is 44.7 Å². The first-order chi connectivity index (χ1) is 16.0. The zero-order chi connectivity index (χ0) is 25.3. The Balaban J connectivity index is 1.97. The van der Waals surface area contributed by atoms with Gasteiger partial charge >= 0.3 is 0 Å². The molecular formula is C24H37ClFN3O4S. The van der Waals surface area contributed by atoms with Crippen LogP contribution in [0.15, 0.2) is 23.1 Å². The van der Waals surface area contributed by atoms with Crippen molar-refractivity contribution < 1.29 is 22.4 Å². The van der Waals surface area contributed by atoms with E-state index in [0.29, 0.717) is 38.1 Å². The monoisotopic (exact) mass is 517 g/mol. The highest BCUT2D eigenvalue weighted by atomic mass is 35.5. The van der Waals surface area contributed by atoms with Gasteiger partial charge in [-0.15, -0.1) is 0 Å². The second kappa shape index (κ2) is 13.4. The summed E-state index contributed by atoms with van der Waals surface area (Å²) in [5, 5.41) is -0.190. The van der Waals surface area contributed by atoms with Crippen LogP contribution in [-0.4, -0.2) is 44.3 Å². The van der Waals surface area contributed by atoms with Crippen LogP contribution in [0.1, 0.15) is 71.6 Å². The van der Waals surface area contributed by atoms with E-state index in [4.69, 9.17) is 17.3 Å². The smallest absolute Gasteiger partial charge is 0.242 e.